The molecule has 1 aliphatic rings. The standard InChI is InChI=1S/C15H12F2N2O2.C2H6/c16-8-3-4-9(12(17)6-8)11-7-13(14(18)20)19-15-10(11)2-1-5-21-15;1-2/h3-4,6-7H,1-2,5H2,(H2,18,20);1-2H3. The van der Waals surface area contributed by atoms with Gasteiger partial charge in [-0.2, -0.15) is 0 Å². The molecule has 0 aliphatic carbocycles. The third-order valence-corrected chi connectivity index (χ3v) is 3.37. The first-order chi connectivity index (χ1) is 11.1. The summed E-state index contributed by atoms with van der Waals surface area (Å²) in [6.45, 7) is 4.48. The van der Waals surface area contributed by atoms with Crippen molar-refractivity contribution in [2.24, 2.45) is 5.73 Å². The van der Waals surface area contributed by atoms with Crippen LogP contribution in [-0.4, -0.2) is 17.5 Å². The van der Waals surface area contributed by atoms with E-state index in [0.717, 1.165) is 12.5 Å². The minimum absolute atomic E-state index is 0.00521. The number of benzene rings is 1. The Balaban J connectivity index is 0.000000924. The zero-order valence-electron chi connectivity index (χ0n) is 13.0. The van der Waals surface area contributed by atoms with Gasteiger partial charge in [-0.25, -0.2) is 13.8 Å². The van der Waals surface area contributed by atoms with E-state index in [1.165, 1.54) is 18.2 Å². The normalized spacial score (nSPS) is 12.5. The molecule has 0 unspecified atom stereocenters. The number of hydrogen-bond donors (Lipinski definition) is 1. The maximum atomic E-state index is 14.0. The van der Waals surface area contributed by atoms with E-state index < -0.39 is 17.5 Å². The summed E-state index contributed by atoms with van der Waals surface area (Å²) in [7, 11) is 0. The van der Waals surface area contributed by atoms with E-state index in [-0.39, 0.29) is 17.1 Å². The zero-order valence-corrected chi connectivity index (χ0v) is 13.0. The molecule has 0 atom stereocenters. The summed E-state index contributed by atoms with van der Waals surface area (Å²) in [5, 5.41) is 0. The van der Waals surface area contributed by atoms with Gasteiger partial charge in [-0.1, -0.05) is 13.8 Å². The fourth-order valence-corrected chi connectivity index (χ4v) is 2.40. The number of primary amides is 1. The molecule has 0 spiro atoms. The molecular weight excluding hydrogens is 302 g/mol. The van der Waals surface area contributed by atoms with Gasteiger partial charge in [0, 0.05) is 17.2 Å². The Bertz CT molecular complexity index is 733. The average molecular weight is 320 g/mol. The number of aromatic nitrogens is 1. The molecule has 0 saturated carbocycles. The summed E-state index contributed by atoms with van der Waals surface area (Å²) in [5.41, 5.74) is 6.61. The number of carbonyl (C=O) groups excluding carboxylic acids is 1. The van der Waals surface area contributed by atoms with Crippen molar-refractivity contribution in [2.75, 3.05) is 6.61 Å². The van der Waals surface area contributed by atoms with Crippen molar-refractivity contribution in [3.05, 3.63) is 47.2 Å². The van der Waals surface area contributed by atoms with Crippen molar-refractivity contribution >= 4 is 5.91 Å². The second-order valence-corrected chi connectivity index (χ2v) is 4.78. The summed E-state index contributed by atoms with van der Waals surface area (Å²) in [6.07, 6.45) is 1.41. The second kappa shape index (κ2) is 7.17. The number of ether oxygens (including phenoxy) is 1. The highest BCUT2D eigenvalue weighted by Gasteiger charge is 2.22. The third kappa shape index (κ3) is 3.47. The van der Waals surface area contributed by atoms with Gasteiger partial charge >= 0.3 is 0 Å². The number of halogens is 2. The number of amides is 1. The van der Waals surface area contributed by atoms with Gasteiger partial charge < -0.3 is 10.5 Å². The van der Waals surface area contributed by atoms with Crippen LogP contribution in [0.3, 0.4) is 0 Å². The lowest BCUT2D eigenvalue weighted by Gasteiger charge is -2.20. The lowest BCUT2D eigenvalue weighted by molar-refractivity contribution is 0.0994. The SMILES string of the molecule is CC.NC(=O)c1cc(-c2ccc(F)cc2F)c2c(n1)OCCC2. The molecular formula is C17H18F2N2O2. The van der Waals surface area contributed by atoms with Gasteiger partial charge in [0.05, 0.1) is 6.61 Å². The molecule has 1 aromatic carbocycles. The number of rotatable bonds is 2. The first kappa shape index (κ1) is 16.9. The molecule has 2 heterocycles. The number of pyridine rings is 1. The lowest BCUT2D eigenvalue weighted by Crippen LogP contribution is -2.18. The van der Waals surface area contributed by atoms with Crippen LogP contribution >= 0.6 is 0 Å². The largest absolute Gasteiger partial charge is 0.477 e. The van der Waals surface area contributed by atoms with Gasteiger partial charge in [0.1, 0.15) is 17.3 Å². The first-order valence-corrected chi connectivity index (χ1v) is 7.48. The Kier molecular flexibility index (Phi) is 5.26. The summed E-state index contributed by atoms with van der Waals surface area (Å²) >= 11 is 0. The molecule has 4 nitrogen and oxygen atoms in total. The summed E-state index contributed by atoms with van der Waals surface area (Å²) in [5.74, 6) is -1.80. The van der Waals surface area contributed by atoms with Gasteiger partial charge in [-0.15, -0.1) is 0 Å². The van der Waals surface area contributed by atoms with Crippen LogP contribution in [-0.2, 0) is 6.42 Å². The van der Waals surface area contributed by atoms with E-state index in [9.17, 15) is 13.6 Å². The van der Waals surface area contributed by atoms with E-state index >= 15 is 0 Å². The maximum absolute atomic E-state index is 14.0. The molecule has 2 aromatic rings. The minimum Gasteiger partial charge on any atom is -0.477 e. The Morgan fingerprint density at radius 1 is 1.22 bits per heavy atom. The molecule has 6 heteroatoms. The van der Waals surface area contributed by atoms with Gasteiger partial charge in [-0.3, -0.25) is 4.79 Å². The molecule has 2 N–H and O–H groups in total. The van der Waals surface area contributed by atoms with E-state index in [1.54, 1.807) is 0 Å². The van der Waals surface area contributed by atoms with Crippen LogP contribution in [0.1, 0.15) is 36.3 Å². The van der Waals surface area contributed by atoms with Crippen molar-refractivity contribution < 1.29 is 18.3 Å². The number of carbonyl (C=O) groups is 1. The summed E-state index contributed by atoms with van der Waals surface area (Å²) in [4.78, 5) is 15.4. The Morgan fingerprint density at radius 3 is 2.61 bits per heavy atom. The molecule has 0 fully saturated rings. The van der Waals surface area contributed by atoms with Crippen LogP contribution in [0.2, 0.25) is 0 Å². The Morgan fingerprint density at radius 2 is 1.96 bits per heavy atom. The van der Waals surface area contributed by atoms with Crippen molar-refractivity contribution in [1.29, 1.82) is 0 Å². The van der Waals surface area contributed by atoms with Gasteiger partial charge in [0.25, 0.3) is 5.91 Å². The summed E-state index contributed by atoms with van der Waals surface area (Å²) in [6, 6.07) is 4.72. The van der Waals surface area contributed by atoms with Gasteiger partial charge in [0.15, 0.2) is 0 Å². The molecule has 1 amide bonds. The highest BCUT2D eigenvalue weighted by molar-refractivity contribution is 5.93. The molecule has 23 heavy (non-hydrogen) atoms. The van der Waals surface area contributed by atoms with E-state index in [4.69, 9.17) is 10.5 Å². The highest BCUT2D eigenvalue weighted by atomic mass is 19.1. The van der Waals surface area contributed by atoms with Crippen molar-refractivity contribution in [2.45, 2.75) is 26.7 Å². The smallest absolute Gasteiger partial charge is 0.267 e. The minimum atomic E-state index is -0.726. The molecule has 3 rings (SSSR count). The van der Waals surface area contributed by atoms with E-state index in [1.807, 2.05) is 13.8 Å². The fourth-order valence-electron chi connectivity index (χ4n) is 2.40. The van der Waals surface area contributed by atoms with Crippen LogP contribution in [0.25, 0.3) is 11.1 Å². The molecule has 0 bridgehead atoms. The van der Waals surface area contributed by atoms with Crippen LogP contribution in [0.5, 0.6) is 5.88 Å². The maximum Gasteiger partial charge on any atom is 0.267 e. The lowest BCUT2D eigenvalue weighted by atomic mass is 9.95. The van der Waals surface area contributed by atoms with Crippen molar-refractivity contribution in [3.8, 4) is 17.0 Å². The molecule has 1 aliphatic heterocycles. The van der Waals surface area contributed by atoms with Crippen molar-refractivity contribution in [1.82, 2.24) is 4.98 Å². The topological polar surface area (TPSA) is 65.2 Å². The number of hydrogen-bond acceptors (Lipinski definition) is 3. The molecule has 1 aromatic heterocycles. The van der Waals surface area contributed by atoms with Gasteiger partial charge in [0.2, 0.25) is 5.88 Å². The van der Waals surface area contributed by atoms with Gasteiger partial charge in [-0.05, 0) is 36.6 Å². The Hall–Kier alpha value is -2.50. The molecule has 122 valence electrons. The third-order valence-electron chi connectivity index (χ3n) is 3.37. The Labute approximate surface area is 133 Å². The monoisotopic (exact) mass is 320 g/mol. The predicted molar refractivity (Wildman–Crippen MR) is 83.3 cm³/mol. The second-order valence-electron chi connectivity index (χ2n) is 4.78. The average Bonchev–Trinajstić information content (AvgIpc) is 2.56. The van der Waals surface area contributed by atoms with E-state index in [0.29, 0.717) is 24.2 Å². The number of nitrogens with zero attached hydrogens (tertiary/aromatic N) is 1. The molecule has 0 radical (unpaired) electrons. The van der Waals surface area contributed by atoms with Crippen LogP contribution in [0.15, 0.2) is 24.3 Å². The van der Waals surface area contributed by atoms with E-state index in [2.05, 4.69) is 4.98 Å². The van der Waals surface area contributed by atoms with Crippen LogP contribution in [0, 0.1) is 11.6 Å². The molecule has 0 saturated heterocycles. The zero-order chi connectivity index (χ0) is 17.0. The number of nitrogens with two attached hydrogens (primary N) is 1. The summed E-state index contributed by atoms with van der Waals surface area (Å²) < 4.78 is 32.5. The first-order valence-electron chi connectivity index (χ1n) is 7.48. The highest BCUT2D eigenvalue weighted by Crippen LogP contribution is 2.35. The fraction of sp³-hybridized carbons (Fsp3) is 0.294. The number of fused-ring (bicyclic) bond motifs is 1. The van der Waals surface area contributed by atoms with Crippen LogP contribution < -0.4 is 10.5 Å². The predicted octanol–water partition coefficient (Wildman–Crippen LogP) is 3.48. The van der Waals surface area contributed by atoms with Crippen LogP contribution in [0.4, 0.5) is 8.78 Å². The van der Waals surface area contributed by atoms with Crippen molar-refractivity contribution in [3.63, 3.8) is 0 Å². The quantitative estimate of drug-likeness (QED) is 0.921.